The molecular formula is C30H43ClN6O6S. The number of halogens is 1. The molecule has 0 radical (unpaired) electrons. The van der Waals surface area contributed by atoms with E-state index in [1.54, 1.807) is 23.1 Å². The van der Waals surface area contributed by atoms with E-state index in [2.05, 4.69) is 10.0 Å². The van der Waals surface area contributed by atoms with Gasteiger partial charge in [-0.05, 0) is 54.0 Å². The Hall–Kier alpha value is -3.26. The molecule has 0 spiro atoms. The first-order valence-corrected chi connectivity index (χ1v) is 16.3. The number of carboxylic acid groups (broad SMARTS) is 1. The van der Waals surface area contributed by atoms with Gasteiger partial charge in [0.25, 0.3) is 0 Å². The Bertz CT molecular complexity index is 1460. The molecule has 0 aromatic heterocycles. The second kappa shape index (κ2) is 15.2. The lowest BCUT2D eigenvalue weighted by atomic mass is 9.76. The molecule has 1 aliphatic heterocycles. The highest BCUT2D eigenvalue weighted by atomic mass is 35.5. The summed E-state index contributed by atoms with van der Waals surface area (Å²) in [6.45, 7) is 1.45. The van der Waals surface area contributed by atoms with Crippen molar-refractivity contribution in [1.82, 2.24) is 14.9 Å². The summed E-state index contributed by atoms with van der Waals surface area (Å²) in [5.41, 5.74) is 9.49. The third kappa shape index (κ3) is 8.68. The number of aliphatic carboxylic acids is 1. The summed E-state index contributed by atoms with van der Waals surface area (Å²) < 4.78 is 29.4. The Balaban J connectivity index is 0.00000529. The zero-order valence-corrected chi connectivity index (χ0v) is 26.3. The van der Waals surface area contributed by atoms with Crippen LogP contribution in [-0.4, -0.2) is 73.3 Å². The van der Waals surface area contributed by atoms with E-state index in [4.69, 9.17) is 16.9 Å². The number of amides is 1. The molecular weight excluding hydrogens is 608 g/mol. The lowest BCUT2D eigenvalue weighted by Crippen LogP contribution is -2.63. The fourth-order valence-electron chi connectivity index (χ4n) is 6.12. The van der Waals surface area contributed by atoms with Crippen molar-refractivity contribution in [1.29, 1.82) is 5.41 Å². The molecule has 12 nitrogen and oxygen atoms in total. The second-order valence-electron chi connectivity index (χ2n) is 11.9. The molecule has 2 atom stereocenters. The number of carbonyl (C=O) groups excluding carboxylic acids is 2. The van der Waals surface area contributed by atoms with Crippen LogP contribution in [0.4, 0.5) is 0 Å². The largest absolute Gasteiger partial charge is 0.480 e. The highest BCUT2D eigenvalue weighted by Crippen LogP contribution is 2.31. The summed E-state index contributed by atoms with van der Waals surface area (Å²) in [5, 5.41) is 22.0. The molecule has 8 N–H and O–H groups in total. The number of nitrogens with one attached hydrogen (secondary N) is 3. The number of fused-ring (bicyclic) bond motifs is 1. The molecule has 2 unspecified atom stereocenters. The predicted octanol–water partition coefficient (Wildman–Crippen LogP) is 2.34. The van der Waals surface area contributed by atoms with Crippen LogP contribution >= 0.6 is 12.4 Å². The average molecular weight is 651 g/mol. The molecule has 1 saturated heterocycles. The van der Waals surface area contributed by atoms with Gasteiger partial charge in [0, 0.05) is 19.6 Å². The van der Waals surface area contributed by atoms with Gasteiger partial charge in [-0.15, -0.1) is 12.4 Å². The topological polar surface area (TPSA) is 209 Å². The smallest absolute Gasteiger partial charge is 0.331 e. The van der Waals surface area contributed by atoms with Gasteiger partial charge in [0.2, 0.25) is 15.9 Å². The highest BCUT2D eigenvalue weighted by Gasteiger charge is 2.48. The second-order valence-corrected chi connectivity index (χ2v) is 13.6. The zero-order valence-electron chi connectivity index (χ0n) is 24.7. The van der Waals surface area contributed by atoms with Crippen LogP contribution in [0.15, 0.2) is 47.4 Å². The SMILES string of the molecule is Cl.N=C(N)N1CCC(CNC(=O)CC(NS(=O)(=O)c2ccc3ccccc3c2)C(=O)C(N)(CC2CCCCC2)C(=O)O)CC1. The van der Waals surface area contributed by atoms with Crippen LogP contribution in [0.5, 0.6) is 0 Å². The molecule has 4 rings (SSSR count). The zero-order chi connectivity index (χ0) is 31.2. The number of guanidine groups is 1. The predicted molar refractivity (Wildman–Crippen MR) is 170 cm³/mol. The number of Topliss-reactive ketones (excluding diaryl/α,β-unsaturated/α-hetero) is 1. The molecule has 0 bridgehead atoms. The fraction of sp³-hybridized carbons (Fsp3) is 0.533. The summed E-state index contributed by atoms with van der Waals surface area (Å²) >= 11 is 0. The van der Waals surface area contributed by atoms with E-state index in [-0.39, 0.29) is 48.1 Å². The number of nitrogens with two attached hydrogens (primary N) is 2. The number of hydrogen-bond acceptors (Lipinski definition) is 7. The van der Waals surface area contributed by atoms with Gasteiger partial charge in [0.15, 0.2) is 17.3 Å². The van der Waals surface area contributed by atoms with Gasteiger partial charge >= 0.3 is 5.97 Å². The Morgan fingerprint density at radius 3 is 2.25 bits per heavy atom. The molecule has 2 aromatic rings. The van der Waals surface area contributed by atoms with Gasteiger partial charge < -0.3 is 26.8 Å². The quantitative estimate of drug-likeness (QED) is 0.113. The molecule has 1 saturated carbocycles. The van der Waals surface area contributed by atoms with Gasteiger partial charge in [-0.2, -0.15) is 0 Å². The van der Waals surface area contributed by atoms with Crippen molar-refractivity contribution < 1.29 is 27.9 Å². The number of carboxylic acids is 1. The van der Waals surface area contributed by atoms with Crippen LogP contribution in [0.1, 0.15) is 57.8 Å². The Labute approximate surface area is 264 Å². The summed E-state index contributed by atoms with van der Waals surface area (Å²) in [5.74, 6) is -3.16. The Morgan fingerprint density at radius 1 is 1.00 bits per heavy atom. The minimum absolute atomic E-state index is 0. The lowest BCUT2D eigenvalue weighted by Gasteiger charge is -2.33. The van der Waals surface area contributed by atoms with Gasteiger partial charge in [0.05, 0.1) is 17.4 Å². The molecule has 44 heavy (non-hydrogen) atoms. The van der Waals surface area contributed by atoms with Crippen molar-refractivity contribution in [2.45, 2.75) is 74.3 Å². The number of rotatable bonds is 12. The number of sulfonamides is 1. The van der Waals surface area contributed by atoms with E-state index >= 15 is 0 Å². The first kappa shape index (κ1) is 35.2. The van der Waals surface area contributed by atoms with Crippen LogP contribution in [0.25, 0.3) is 10.8 Å². The number of nitrogens with zero attached hydrogens (tertiary/aromatic N) is 1. The first-order chi connectivity index (χ1) is 20.4. The first-order valence-electron chi connectivity index (χ1n) is 14.8. The molecule has 1 aliphatic carbocycles. The van der Waals surface area contributed by atoms with E-state index in [1.807, 2.05) is 12.1 Å². The van der Waals surface area contributed by atoms with Gasteiger partial charge in [0.1, 0.15) is 0 Å². The van der Waals surface area contributed by atoms with E-state index in [0.29, 0.717) is 31.3 Å². The van der Waals surface area contributed by atoms with Crippen molar-refractivity contribution >= 4 is 56.8 Å². The van der Waals surface area contributed by atoms with Gasteiger partial charge in [-0.3, -0.25) is 15.0 Å². The maximum Gasteiger partial charge on any atom is 0.331 e. The summed E-state index contributed by atoms with van der Waals surface area (Å²) in [6, 6.07) is 9.99. The van der Waals surface area contributed by atoms with Crippen LogP contribution < -0.4 is 21.5 Å². The van der Waals surface area contributed by atoms with Crippen molar-refractivity contribution in [3.05, 3.63) is 42.5 Å². The fourth-order valence-corrected chi connectivity index (χ4v) is 7.35. The van der Waals surface area contributed by atoms with Crippen LogP contribution in [0, 0.1) is 17.2 Å². The molecule has 1 heterocycles. The normalized spacial score (nSPS) is 18.5. The number of likely N-dealkylation sites (tertiary alicyclic amines) is 1. The molecule has 2 fully saturated rings. The van der Waals surface area contributed by atoms with Crippen molar-refractivity contribution in [3.63, 3.8) is 0 Å². The van der Waals surface area contributed by atoms with E-state index in [1.165, 1.54) is 12.1 Å². The van der Waals surface area contributed by atoms with Crippen LogP contribution in [-0.2, 0) is 24.4 Å². The Morgan fingerprint density at radius 2 is 1.64 bits per heavy atom. The number of ketones is 1. The number of piperidine rings is 1. The molecule has 1 amide bonds. The minimum Gasteiger partial charge on any atom is -0.480 e. The van der Waals surface area contributed by atoms with Crippen LogP contribution in [0.2, 0.25) is 0 Å². The lowest BCUT2D eigenvalue weighted by molar-refractivity contribution is -0.150. The molecule has 14 heteroatoms. The Kier molecular flexibility index (Phi) is 12.1. The van der Waals surface area contributed by atoms with Gasteiger partial charge in [-0.1, -0.05) is 62.4 Å². The average Bonchev–Trinajstić information content (AvgIpc) is 2.99. The molecule has 242 valence electrons. The number of carbonyl (C=O) groups is 3. The standard InChI is InChI=1S/C30H42N6O6S.ClH/c31-29(32)36-14-12-21(13-15-36)19-34-26(37)17-25(27(38)30(33,28(39)40)18-20-6-2-1-3-7-20)35-43(41,42)24-11-10-22-8-4-5-9-23(22)16-24;/h4-5,8-11,16,20-21,25,35H,1-3,6-7,12-15,17-19,33H2,(H3,31,32)(H,34,37)(H,39,40);1H. The van der Waals surface area contributed by atoms with Crippen LogP contribution in [0.3, 0.4) is 0 Å². The van der Waals surface area contributed by atoms with Crippen molar-refractivity contribution in [2.24, 2.45) is 23.3 Å². The summed E-state index contributed by atoms with van der Waals surface area (Å²) in [4.78, 5) is 41.1. The third-order valence-corrected chi connectivity index (χ3v) is 10.2. The molecule has 2 aromatic carbocycles. The van der Waals surface area contributed by atoms with E-state index < -0.39 is 45.7 Å². The summed E-state index contributed by atoms with van der Waals surface area (Å²) in [7, 11) is -4.35. The number of hydrogen-bond donors (Lipinski definition) is 6. The van der Waals surface area contributed by atoms with E-state index in [0.717, 1.165) is 37.5 Å². The molecule has 2 aliphatic rings. The maximum absolute atomic E-state index is 13.9. The van der Waals surface area contributed by atoms with Crippen molar-refractivity contribution in [3.8, 4) is 0 Å². The van der Waals surface area contributed by atoms with E-state index in [9.17, 15) is 27.9 Å². The maximum atomic E-state index is 13.9. The van der Waals surface area contributed by atoms with Crippen molar-refractivity contribution in [2.75, 3.05) is 19.6 Å². The third-order valence-electron chi connectivity index (χ3n) is 8.73. The monoisotopic (exact) mass is 650 g/mol. The highest BCUT2D eigenvalue weighted by molar-refractivity contribution is 7.89. The van der Waals surface area contributed by atoms with Gasteiger partial charge in [-0.25, -0.2) is 17.9 Å². The number of benzene rings is 2. The minimum atomic E-state index is -4.35. The summed E-state index contributed by atoms with van der Waals surface area (Å²) in [6.07, 6.45) is 4.95.